The molecule has 24 valence electrons. The molecule has 0 unspecified atom stereocenters. The van der Waals surface area contributed by atoms with Gasteiger partial charge in [-0.05, 0) is 0 Å². The largest absolute Gasteiger partial charge is 4.00 e. The van der Waals surface area contributed by atoms with E-state index in [0.717, 1.165) is 0 Å². The smallest absolute Gasteiger partial charge is 2.00 e. The van der Waals surface area contributed by atoms with Gasteiger partial charge in [-0.3, -0.25) is 0 Å². The first-order valence-electron chi connectivity index (χ1n) is 0. The van der Waals surface area contributed by atoms with Crippen molar-refractivity contribution < 1.29 is 75.9 Å². The number of rotatable bonds is 0. The fourth-order valence-electron chi connectivity index (χ4n) is 0. The molecule has 0 bridgehead atoms. The minimum Gasteiger partial charge on any atom is -2.00 e. The fraction of sp³-hybridized carbons (Fsp3) is 0. The van der Waals surface area contributed by atoms with Crippen LogP contribution in [0.4, 0.5) is 0 Å². The molecule has 0 amide bonds. The Morgan fingerprint density at radius 2 is 0.500 bits per heavy atom. The second-order valence-electron chi connectivity index (χ2n) is 0. The summed E-state index contributed by atoms with van der Waals surface area (Å²) in [5.41, 5.74) is 0. The SMILES string of the molecule is [Li+].[Li+].[O-2].[O-2].[O-2].[Ti+4]. The Kier molecular flexibility index (Phi) is 1330. The summed E-state index contributed by atoms with van der Waals surface area (Å²) in [7, 11) is 0. The third kappa shape index (κ3) is 41.5. The van der Waals surface area contributed by atoms with Crippen molar-refractivity contribution >= 4 is 0 Å². The molecule has 6 heavy (non-hydrogen) atoms. The van der Waals surface area contributed by atoms with Crippen molar-refractivity contribution in [3.8, 4) is 0 Å². The van der Waals surface area contributed by atoms with Crippen LogP contribution in [-0.2, 0) is 38.1 Å². The molecule has 0 saturated heterocycles. The summed E-state index contributed by atoms with van der Waals surface area (Å²) in [6.07, 6.45) is 0. The standard InChI is InChI=1S/2Li.3O.Ti/q2*+1;3*-2;+4. The summed E-state index contributed by atoms with van der Waals surface area (Å²) >= 11 is 0. The molecule has 0 aromatic heterocycles. The van der Waals surface area contributed by atoms with Crippen LogP contribution < -0.4 is 37.7 Å². The molecule has 0 aliphatic heterocycles. The van der Waals surface area contributed by atoms with Crippen molar-refractivity contribution in [3.05, 3.63) is 0 Å². The Labute approximate surface area is 75.4 Å². The van der Waals surface area contributed by atoms with Crippen LogP contribution in [0.5, 0.6) is 0 Å². The second-order valence-corrected chi connectivity index (χ2v) is 0. The molecule has 0 fully saturated rings. The summed E-state index contributed by atoms with van der Waals surface area (Å²) in [6.45, 7) is 0. The zero-order valence-electron chi connectivity index (χ0n) is 3.72. The van der Waals surface area contributed by atoms with Gasteiger partial charge < -0.3 is 16.4 Å². The van der Waals surface area contributed by atoms with E-state index in [1.54, 1.807) is 0 Å². The molecule has 6 heteroatoms. The number of hydrogen-bond acceptors (Lipinski definition) is 0. The van der Waals surface area contributed by atoms with Crippen LogP contribution in [0.2, 0.25) is 0 Å². The van der Waals surface area contributed by atoms with Gasteiger partial charge in [0, 0.05) is 0 Å². The van der Waals surface area contributed by atoms with Crippen LogP contribution in [0.3, 0.4) is 0 Å². The Morgan fingerprint density at radius 3 is 0.500 bits per heavy atom. The molecular weight excluding hydrogens is 110 g/mol. The predicted molar refractivity (Wildman–Crippen MR) is 2.06 cm³/mol. The average Bonchev–Trinajstić information content (AvgIpc) is 0. The Balaban J connectivity index is 0. The minimum absolute atomic E-state index is 0. The third-order valence-electron chi connectivity index (χ3n) is 0. The maximum atomic E-state index is 0. The van der Waals surface area contributed by atoms with Gasteiger partial charge in [0.05, 0.1) is 0 Å². The van der Waals surface area contributed by atoms with Crippen LogP contribution in [0.15, 0.2) is 0 Å². The zero-order valence-corrected chi connectivity index (χ0v) is 5.29. The molecule has 0 heterocycles. The zero-order chi connectivity index (χ0) is 0. The first-order valence-corrected chi connectivity index (χ1v) is 0. The van der Waals surface area contributed by atoms with Gasteiger partial charge in [-0.15, -0.1) is 0 Å². The van der Waals surface area contributed by atoms with Gasteiger partial charge in [-0.25, -0.2) is 0 Å². The Morgan fingerprint density at radius 1 is 0.500 bits per heavy atom. The van der Waals surface area contributed by atoms with Gasteiger partial charge in [0.1, 0.15) is 0 Å². The quantitative estimate of drug-likeness (QED) is 0.277. The van der Waals surface area contributed by atoms with Crippen molar-refractivity contribution in [3.63, 3.8) is 0 Å². The Bertz CT molecular complexity index is 8.75. The molecule has 0 saturated carbocycles. The molecule has 0 aromatic carbocycles. The summed E-state index contributed by atoms with van der Waals surface area (Å²) < 4.78 is 0. The molecule has 0 spiro atoms. The van der Waals surface area contributed by atoms with E-state index in [0.29, 0.717) is 0 Å². The maximum absolute atomic E-state index is 0. The summed E-state index contributed by atoms with van der Waals surface area (Å²) in [6, 6.07) is 0. The third-order valence-corrected chi connectivity index (χ3v) is 0. The molecule has 0 rings (SSSR count). The van der Waals surface area contributed by atoms with Crippen LogP contribution in [0, 0.1) is 0 Å². The van der Waals surface area contributed by atoms with E-state index in [2.05, 4.69) is 0 Å². The molecular formula is Li2O3Ti. The molecule has 0 atom stereocenters. The van der Waals surface area contributed by atoms with E-state index in [-0.39, 0.29) is 75.9 Å². The second kappa shape index (κ2) is 71.1. The van der Waals surface area contributed by atoms with E-state index in [9.17, 15) is 0 Å². The summed E-state index contributed by atoms with van der Waals surface area (Å²) in [4.78, 5) is 0. The number of hydrogen-bond donors (Lipinski definition) is 0. The van der Waals surface area contributed by atoms with Gasteiger partial charge in [-0.1, -0.05) is 0 Å². The summed E-state index contributed by atoms with van der Waals surface area (Å²) in [5.74, 6) is 0. The van der Waals surface area contributed by atoms with E-state index in [1.165, 1.54) is 0 Å². The van der Waals surface area contributed by atoms with E-state index >= 15 is 0 Å². The van der Waals surface area contributed by atoms with Crippen molar-refractivity contribution in [2.45, 2.75) is 0 Å². The first-order chi connectivity index (χ1) is 0. The van der Waals surface area contributed by atoms with Crippen LogP contribution in [0.25, 0.3) is 0 Å². The van der Waals surface area contributed by atoms with E-state index in [4.69, 9.17) is 0 Å². The van der Waals surface area contributed by atoms with E-state index < -0.39 is 0 Å². The van der Waals surface area contributed by atoms with Crippen molar-refractivity contribution in [1.29, 1.82) is 0 Å². The van der Waals surface area contributed by atoms with Gasteiger partial charge in [0.2, 0.25) is 0 Å². The monoisotopic (exact) mass is 110 g/mol. The van der Waals surface area contributed by atoms with Gasteiger partial charge >= 0.3 is 59.4 Å². The molecule has 0 radical (unpaired) electrons. The van der Waals surface area contributed by atoms with Crippen molar-refractivity contribution in [2.24, 2.45) is 0 Å². The van der Waals surface area contributed by atoms with Gasteiger partial charge in [0.15, 0.2) is 0 Å². The molecule has 0 aromatic rings. The van der Waals surface area contributed by atoms with E-state index in [1.807, 2.05) is 0 Å². The summed E-state index contributed by atoms with van der Waals surface area (Å²) in [5, 5.41) is 0. The van der Waals surface area contributed by atoms with Gasteiger partial charge in [-0.2, -0.15) is 0 Å². The van der Waals surface area contributed by atoms with Crippen molar-refractivity contribution in [2.75, 3.05) is 0 Å². The van der Waals surface area contributed by atoms with Crippen LogP contribution in [-0.4, -0.2) is 0 Å². The Hall–Kier alpha value is 1.79. The maximum Gasteiger partial charge on any atom is 4.00 e. The first kappa shape index (κ1) is 112. The van der Waals surface area contributed by atoms with Gasteiger partial charge in [0.25, 0.3) is 0 Å². The molecule has 0 aliphatic carbocycles. The topological polar surface area (TPSA) is 85.5 Å². The molecule has 3 nitrogen and oxygen atoms in total. The minimum atomic E-state index is 0. The fourth-order valence-corrected chi connectivity index (χ4v) is 0. The van der Waals surface area contributed by atoms with Crippen LogP contribution in [0.1, 0.15) is 0 Å². The molecule has 0 aliphatic rings. The average molecular weight is 110 g/mol. The normalized spacial score (nSPS) is 0. The van der Waals surface area contributed by atoms with Crippen molar-refractivity contribution in [1.82, 2.24) is 0 Å². The van der Waals surface area contributed by atoms with Crippen LogP contribution >= 0.6 is 0 Å². The molecule has 0 N–H and O–H groups in total. The predicted octanol–water partition coefficient (Wildman–Crippen LogP) is -6.35.